The van der Waals surface area contributed by atoms with E-state index in [1.165, 1.54) is 19.1 Å². The van der Waals surface area contributed by atoms with E-state index in [1.807, 2.05) is 20.8 Å². The highest BCUT2D eigenvalue weighted by Gasteiger charge is 2.25. The minimum Gasteiger partial charge on any atom is -0.481 e. The highest BCUT2D eigenvalue weighted by molar-refractivity contribution is 5.75. The number of carboxylic acids is 1. The summed E-state index contributed by atoms with van der Waals surface area (Å²) in [7, 11) is 3.00. The molecule has 0 aliphatic heterocycles. The maximum absolute atomic E-state index is 11.8. The minimum absolute atomic E-state index is 0.0656. The Labute approximate surface area is 126 Å². The molecule has 0 fully saturated rings. The van der Waals surface area contributed by atoms with Crippen LogP contribution in [0, 0.1) is 11.3 Å². The van der Waals surface area contributed by atoms with Gasteiger partial charge in [0.25, 0.3) is 0 Å². The molecule has 0 spiro atoms. The van der Waals surface area contributed by atoms with E-state index in [0.29, 0.717) is 6.42 Å². The fourth-order valence-electron chi connectivity index (χ4n) is 1.98. The summed E-state index contributed by atoms with van der Waals surface area (Å²) in [6.45, 7) is 6.19. The highest BCUT2D eigenvalue weighted by atomic mass is 16.5. The largest absolute Gasteiger partial charge is 0.481 e. The van der Waals surface area contributed by atoms with Crippen LogP contribution < -0.4 is 5.32 Å². The van der Waals surface area contributed by atoms with Gasteiger partial charge in [0.15, 0.2) is 0 Å². The molecule has 7 heteroatoms. The number of hydrogen-bond acceptors (Lipinski definition) is 4. The van der Waals surface area contributed by atoms with Crippen molar-refractivity contribution in [2.75, 3.05) is 33.9 Å². The van der Waals surface area contributed by atoms with Gasteiger partial charge in [-0.2, -0.15) is 0 Å². The van der Waals surface area contributed by atoms with Crippen molar-refractivity contribution in [2.24, 2.45) is 11.3 Å². The molecule has 2 atom stereocenters. The summed E-state index contributed by atoms with van der Waals surface area (Å²) in [5, 5.41) is 21.3. The Kier molecular flexibility index (Phi) is 8.27. The van der Waals surface area contributed by atoms with Crippen molar-refractivity contribution in [1.29, 1.82) is 0 Å². The van der Waals surface area contributed by atoms with Crippen molar-refractivity contribution in [2.45, 2.75) is 33.3 Å². The van der Waals surface area contributed by atoms with E-state index in [4.69, 9.17) is 4.74 Å². The number of rotatable bonds is 8. The molecule has 0 aromatic rings. The first kappa shape index (κ1) is 19.7. The fraction of sp³-hybridized carbons (Fsp3) is 0.857. The second kappa shape index (κ2) is 8.84. The second-order valence-electron chi connectivity index (χ2n) is 6.48. The number of hydrogen-bond donors (Lipinski definition) is 3. The molecule has 0 aliphatic carbocycles. The van der Waals surface area contributed by atoms with Crippen molar-refractivity contribution in [1.82, 2.24) is 10.2 Å². The number of amides is 2. The van der Waals surface area contributed by atoms with Gasteiger partial charge in [0, 0.05) is 20.7 Å². The lowest BCUT2D eigenvalue weighted by molar-refractivity contribution is -0.142. The van der Waals surface area contributed by atoms with Gasteiger partial charge in [-0.1, -0.05) is 20.8 Å². The number of ether oxygens (including phenoxy) is 1. The van der Waals surface area contributed by atoms with Crippen LogP contribution in [0.2, 0.25) is 0 Å². The molecular formula is C14H28N2O5. The lowest BCUT2D eigenvalue weighted by Gasteiger charge is -2.25. The zero-order chi connectivity index (χ0) is 16.6. The van der Waals surface area contributed by atoms with E-state index in [1.54, 1.807) is 0 Å². The van der Waals surface area contributed by atoms with Crippen molar-refractivity contribution < 1.29 is 24.5 Å². The topological polar surface area (TPSA) is 99.1 Å². The van der Waals surface area contributed by atoms with Gasteiger partial charge in [0.05, 0.1) is 25.2 Å². The van der Waals surface area contributed by atoms with Crippen molar-refractivity contribution in [3.05, 3.63) is 0 Å². The van der Waals surface area contributed by atoms with E-state index in [9.17, 15) is 19.8 Å². The van der Waals surface area contributed by atoms with Gasteiger partial charge >= 0.3 is 12.0 Å². The monoisotopic (exact) mass is 304 g/mol. The molecule has 0 saturated carbocycles. The number of carboxylic acid groups (broad SMARTS) is 1. The molecule has 3 N–H and O–H groups in total. The molecule has 0 aliphatic rings. The third-order valence-electron chi connectivity index (χ3n) is 2.90. The number of aliphatic hydroxyl groups excluding tert-OH is 1. The Morgan fingerprint density at radius 2 is 1.90 bits per heavy atom. The molecule has 0 bridgehead atoms. The number of likely N-dealkylation sites (N-methyl/N-ethyl adjacent to an activating group) is 1. The quantitative estimate of drug-likeness (QED) is 0.615. The number of nitrogens with one attached hydrogen (secondary N) is 1. The number of nitrogens with zero attached hydrogens (tertiary/aromatic N) is 1. The smallest absolute Gasteiger partial charge is 0.317 e. The Morgan fingerprint density at radius 1 is 1.33 bits per heavy atom. The summed E-state index contributed by atoms with van der Waals surface area (Å²) in [6.07, 6.45) is -0.297. The average Bonchev–Trinajstić information content (AvgIpc) is 2.32. The van der Waals surface area contributed by atoms with Crippen LogP contribution in [0.3, 0.4) is 0 Å². The van der Waals surface area contributed by atoms with E-state index in [2.05, 4.69) is 5.32 Å². The molecule has 2 amide bonds. The summed E-state index contributed by atoms with van der Waals surface area (Å²) >= 11 is 0. The summed E-state index contributed by atoms with van der Waals surface area (Å²) in [5.74, 6) is -1.56. The van der Waals surface area contributed by atoms with Crippen LogP contribution in [0.25, 0.3) is 0 Å². The molecule has 0 saturated heterocycles. The summed E-state index contributed by atoms with van der Waals surface area (Å²) in [4.78, 5) is 24.4. The maximum atomic E-state index is 11.8. The lowest BCUT2D eigenvalue weighted by Crippen LogP contribution is -2.44. The van der Waals surface area contributed by atoms with Gasteiger partial charge in [-0.05, 0) is 11.8 Å². The molecule has 124 valence electrons. The van der Waals surface area contributed by atoms with Crippen LogP contribution in [0.5, 0.6) is 0 Å². The van der Waals surface area contributed by atoms with Crippen LogP contribution in [-0.2, 0) is 9.53 Å². The van der Waals surface area contributed by atoms with E-state index < -0.39 is 24.0 Å². The van der Waals surface area contributed by atoms with Crippen LogP contribution in [0.1, 0.15) is 27.2 Å². The predicted molar refractivity (Wildman–Crippen MR) is 79.1 cm³/mol. The van der Waals surface area contributed by atoms with Gasteiger partial charge in [-0.3, -0.25) is 4.79 Å². The second-order valence-corrected chi connectivity index (χ2v) is 6.48. The summed E-state index contributed by atoms with van der Waals surface area (Å²) in [6, 6.07) is -0.412. The van der Waals surface area contributed by atoms with Crippen molar-refractivity contribution in [3.63, 3.8) is 0 Å². The van der Waals surface area contributed by atoms with Crippen molar-refractivity contribution >= 4 is 12.0 Å². The van der Waals surface area contributed by atoms with Crippen LogP contribution in [0.4, 0.5) is 4.79 Å². The normalized spacial score (nSPS) is 14.4. The zero-order valence-corrected chi connectivity index (χ0v) is 13.5. The van der Waals surface area contributed by atoms with Gasteiger partial charge in [-0.15, -0.1) is 0 Å². The third-order valence-corrected chi connectivity index (χ3v) is 2.90. The first-order valence-corrected chi connectivity index (χ1v) is 6.95. The SMILES string of the molecule is COCC(O)CN(C)C(=O)NCC(CC(C)(C)C)C(=O)O. The Bertz CT molecular complexity index is 341. The van der Waals surface area contributed by atoms with Crippen LogP contribution >= 0.6 is 0 Å². The number of aliphatic hydroxyl groups is 1. The highest BCUT2D eigenvalue weighted by Crippen LogP contribution is 2.24. The number of urea groups is 1. The maximum Gasteiger partial charge on any atom is 0.317 e. The molecule has 0 radical (unpaired) electrons. The average molecular weight is 304 g/mol. The first-order chi connectivity index (χ1) is 9.56. The third kappa shape index (κ3) is 9.25. The Hall–Kier alpha value is -1.34. The summed E-state index contributed by atoms with van der Waals surface area (Å²) in [5.41, 5.74) is -0.131. The van der Waals surface area contributed by atoms with Gasteiger partial charge in [0.1, 0.15) is 0 Å². The van der Waals surface area contributed by atoms with Crippen LogP contribution in [0.15, 0.2) is 0 Å². The number of aliphatic carboxylic acids is 1. The zero-order valence-electron chi connectivity index (χ0n) is 13.5. The van der Waals surface area contributed by atoms with Gasteiger partial charge < -0.3 is 25.2 Å². The molecule has 0 aromatic carbocycles. The minimum atomic E-state index is -0.924. The molecule has 0 rings (SSSR count). The van der Waals surface area contributed by atoms with Crippen molar-refractivity contribution in [3.8, 4) is 0 Å². The summed E-state index contributed by atoms with van der Waals surface area (Å²) < 4.78 is 4.78. The van der Waals surface area contributed by atoms with E-state index in [-0.39, 0.29) is 25.1 Å². The standard InChI is InChI=1S/C14H28N2O5/c1-14(2,3)6-10(12(18)19)7-15-13(20)16(4)8-11(17)9-21-5/h10-11,17H,6-9H2,1-5H3,(H,15,20)(H,18,19). The van der Waals surface area contributed by atoms with E-state index >= 15 is 0 Å². The number of carbonyl (C=O) groups excluding carboxylic acids is 1. The number of carbonyl (C=O) groups is 2. The van der Waals surface area contributed by atoms with Gasteiger partial charge in [-0.25, -0.2) is 4.79 Å². The predicted octanol–water partition coefficient (Wildman–Crippen LogP) is 0.772. The fourth-order valence-corrected chi connectivity index (χ4v) is 1.98. The molecule has 0 aromatic heterocycles. The lowest BCUT2D eigenvalue weighted by atomic mass is 9.84. The number of methoxy groups -OCH3 is 1. The molecule has 21 heavy (non-hydrogen) atoms. The first-order valence-electron chi connectivity index (χ1n) is 6.95. The molecule has 7 nitrogen and oxygen atoms in total. The van der Waals surface area contributed by atoms with Crippen LogP contribution in [-0.4, -0.2) is 67.1 Å². The van der Waals surface area contributed by atoms with Gasteiger partial charge in [0.2, 0.25) is 0 Å². The Balaban J connectivity index is 4.33. The van der Waals surface area contributed by atoms with E-state index in [0.717, 1.165) is 0 Å². The Morgan fingerprint density at radius 3 is 2.33 bits per heavy atom. The molecule has 0 heterocycles. The molecule has 2 unspecified atom stereocenters. The molecular weight excluding hydrogens is 276 g/mol.